The number of nitrogens with zero attached hydrogens (tertiary/aromatic N) is 1. The number of piperidine rings is 1. The van der Waals surface area contributed by atoms with E-state index >= 15 is 0 Å². The first-order valence-corrected chi connectivity index (χ1v) is 13.2. The Morgan fingerprint density at radius 1 is 0.800 bits per heavy atom. The van der Waals surface area contributed by atoms with Gasteiger partial charge < -0.3 is 10.6 Å². The van der Waals surface area contributed by atoms with Gasteiger partial charge in [-0.25, -0.2) is 8.42 Å². The van der Waals surface area contributed by atoms with Crippen LogP contribution >= 0.6 is 0 Å². The van der Waals surface area contributed by atoms with E-state index in [1.54, 1.807) is 36.4 Å². The highest BCUT2D eigenvalue weighted by Gasteiger charge is 2.26. The fourth-order valence-corrected chi connectivity index (χ4v) is 5.60. The number of anilines is 1. The molecule has 0 unspecified atom stereocenters. The van der Waals surface area contributed by atoms with Crippen LogP contribution in [0.15, 0.2) is 89.8 Å². The Labute approximate surface area is 206 Å². The minimum Gasteiger partial charge on any atom is -0.340 e. The normalized spacial score (nSPS) is 15.2. The summed E-state index contributed by atoms with van der Waals surface area (Å²) < 4.78 is 27.3. The first-order chi connectivity index (χ1) is 16.9. The quantitative estimate of drug-likeness (QED) is 0.501. The van der Waals surface area contributed by atoms with Crippen molar-refractivity contribution in [2.45, 2.75) is 36.6 Å². The van der Waals surface area contributed by atoms with Gasteiger partial charge in [0.15, 0.2) is 0 Å². The zero-order valence-electron chi connectivity index (χ0n) is 19.4. The number of amides is 2. The Kier molecular flexibility index (Phi) is 7.94. The fourth-order valence-electron chi connectivity index (χ4n) is 4.08. The Bertz CT molecular complexity index is 1240. The van der Waals surface area contributed by atoms with Crippen LogP contribution in [-0.2, 0) is 21.2 Å². The Morgan fingerprint density at radius 2 is 1.40 bits per heavy atom. The van der Waals surface area contributed by atoms with Crippen molar-refractivity contribution in [3.8, 4) is 0 Å². The van der Waals surface area contributed by atoms with Gasteiger partial charge in [0.1, 0.15) is 6.04 Å². The maximum Gasteiger partial charge on any atom is 0.251 e. The van der Waals surface area contributed by atoms with Crippen LogP contribution in [0.2, 0.25) is 0 Å². The van der Waals surface area contributed by atoms with Crippen LogP contribution in [0.4, 0.5) is 5.69 Å². The smallest absolute Gasteiger partial charge is 0.251 e. The molecule has 0 aromatic heterocycles. The second-order valence-electron chi connectivity index (χ2n) is 8.56. The maximum atomic E-state index is 13.2. The summed E-state index contributed by atoms with van der Waals surface area (Å²) in [6, 6.07) is 23.5. The van der Waals surface area contributed by atoms with Gasteiger partial charge in [0.2, 0.25) is 15.9 Å². The molecule has 3 aromatic rings. The third kappa shape index (κ3) is 6.35. The van der Waals surface area contributed by atoms with Crippen LogP contribution in [0.1, 0.15) is 35.2 Å². The molecule has 182 valence electrons. The predicted molar refractivity (Wildman–Crippen MR) is 136 cm³/mol. The minimum absolute atomic E-state index is 0.204. The molecule has 4 rings (SSSR count). The summed E-state index contributed by atoms with van der Waals surface area (Å²) in [6.07, 6.45) is 3.09. The molecule has 0 radical (unpaired) electrons. The number of nitrogens with one attached hydrogen (secondary N) is 2. The van der Waals surface area contributed by atoms with E-state index < -0.39 is 16.1 Å². The molecule has 7 nitrogen and oxygen atoms in total. The zero-order chi connectivity index (χ0) is 24.7. The van der Waals surface area contributed by atoms with Gasteiger partial charge in [0.25, 0.3) is 5.91 Å². The summed E-state index contributed by atoms with van der Waals surface area (Å²) in [6.45, 7) is 1.06. The second kappa shape index (κ2) is 11.3. The maximum absolute atomic E-state index is 13.2. The highest BCUT2D eigenvalue weighted by molar-refractivity contribution is 7.89. The summed E-state index contributed by atoms with van der Waals surface area (Å²) in [5.74, 6) is -0.727. The highest BCUT2D eigenvalue weighted by Crippen LogP contribution is 2.22. The number of rotatable bonds is 8. The molecule has 0 bridgehead atoms. The number of hydrogen-bond acceptors (Lipinski definition) is 4. The van der Waals surface area contributed by atoms with Gasteiger partial charge in [-0.05, 0) is 54.8 Å². The lowest BCUT2D eigenvalue weighted by atomic mass is 10.0. The van der Waals surface area contributed by atoms with E-state index in [9.17, 15) is 18.0 Å². The van der Waals surface area contributed by atoms with E-state index in [1.165, 1.54) is 16.4 Å². The van der Waals surface area contributed by atoms with Crippen molar-refractivity contribution >= 4 is 27.5 Å². The molecule has 1 aliphatic rings. The molecular weight excluding hydrogens is 462 g/mol. The molecule has 0 aliphatic carbocycles. The van der Waals surface area contributed by atoms with Crippen molar-refractivity contribution in [1.29, 1.82) is 0 Å². The van der Waals surface area contributed by atoms with Crippen LogP contribution in [0.5, 0.6) is 0 Å². The summed E-state index contributed by atoms with van der Waals surface area (Å²) >= 11 is 0. The standard InChI is InChI=1S/C27H29N3O4S/c31-26(22-12-6-2-7-13-22)29-25(20-21-10-4-1-5-11-21)27(32)28-23-14-16-24(17-15-23)35(33,34)30-18-8-3-9-19-30/h1-2,4-7,10-17,25H,3,8-9,18-20H2,(H,28,32)(H,29,31)/t25-/m1/s1. The molecule has 1 heterocycles. The van der Waals surface area contributed by atoms with E-state index in [1.807, 2.05) is 36.4 Å². The molecular formula is C27H29N3O4S. The molecule has 1 aliphatic heterocycles. The third-order valence-corrected chi connectivity index (χ3v) is 7.93. The van der Waals surface area contributed by atoms with E-state index in [0.29, 0.717) is 30.8 Å². The zero-order valence-corrected chi connectivity index (χ0v) is 20.2. The molecule has 1 saturated heterocycles. The summed E-state index contributed by atoms with van der Waals surface area (Å²) in [5.41, 5.74) is 1.83. The molecule has 0 saturated carbocycles. The Hall–Kier alpha value is -3.49. The van der Waals surface area contributed by atoms with Crippen molar-refractivity contribution < 1.29 is 18.0 Å². The van der Waals surface area contributed by atoms with Crippen molar-refractivity contribution in [2.24, 2.45) is 0 Å². The highest BCUT2D eigenvalue weighted by atomic mass is 32.2. The van der Waals surface area contributed by atoms with Crippen LogP contribution in [0, 0.1) is 0 Å². The average Bonchev–Trinajstić information content (AvgIpc) is 2.90. The van der Waals surface area contributed by atoms with Crippen molar-refractivity contribution in [3.05, 3.63) is 96.1 Å². The van der Waals surface area contributed by atoms with Gasteiger partial charge in [0.05, 0.1) is 4.90 Å². The van der Waals surface area contributed by atoms with Crippen LogP contribution in [-0.4, -0.2) is 43.7 Å². The van der Waals surface area contributed by atoms with Gasteiger partial charge >= 0.3 is 0 Å². The van der Waals surface area contributed by atoms with Crippen molar-refractivity contribution in [2.75, 3.05) is 18.4 Å². The van der Waals surface area contributed by atoms with E-state index in [2.05, 4.69) is 10.6 Å². The topological polar surface area (TPSA) is 95.6 Å². The molecule has 1 fully saturated rings. The molecule has 0 spiro atoms. The van der Waals surface area contributed by atoms with Gasteiger partial charge in [-0.2, -0.15) is 4.31 Å². The van der Waals surface area contributed by atoms with Gasteiger partial charge in [-0.3, -0.25) is 9.59 Å². The first kappa shape index (κ1) is 24.6. The SMILES string of the molecule is O=C(N[C@H](Cc1ccccc1)C(=O)Nc1ccc(S(=O)(=O)N2CCCCC2)cc1)c1ccccc1. The van der Waals surface area contributed by atoms with E-state index in [0.717, 1.165) is 24.8 Å². The predicted octanol–water partition coefficient (Wildman–Crippen LogP) is 3.84. The summed E-state index contributed by atoms with van der Waals surface area (Å²) in [4.78, 5) is 26.1. The number of hydrogen-bond donors (Lipinski definition) is 2. The molecule has 35 heavy (non-hydrogen) atoms. The summed E-state index contributed by atoms with van der Waals surface area (Å²) in [5, 5.41) is 5.64. The number of benzene rings is 3. The Balaban J connectivity index is 1.48. The molecule has 2 amide bonds. The van der Waals surface area contributed by atoms with Crippen LogP contribution in [0.25, 0.3) is 0 Å². The monoisotopic (exact) mass is 491 g/mol. The number of sulfonamides is 1. The average molecular weight is 492 g/mol. The van der Waals surface area contributed by atoms with Gasteiger partial charge in [-0.15, -0.1) is 0 Å². The second-order valence-corrected chi connectivity index (χ2v) is 10.5. The molecule has 1 atom stereocenters. The number of carbonyl (C=O) groups excluding carboxylic acids is 2. The lowest BCUT2D eigenvalue weighted by Crippen LogP contribution is -2.45. The lowest BCUT2D eigenvalue weighted by molar-refractivity contribution is -0.118. The molecule has 2 N–H and O–H groups in total. The molecule has 3 aromatic carbocycles. The van der Waals surface area contributed by atoms with Crippen molar-refractivity contribution in [3.63, 3.8) is 0 Å². The first-order valence-electron chi connectivity index (χ1n) is 11.7. The van der Waals surface area contributed by atoms with Gasteiger partial charge in [-0.1, -0.05) is 55.0 Å². The summed E-state index contributed by atoms with van der Waals surface area (Å²) in [7, 11) is -3.55. The Morgan fingerprint density at radius 3 is 2.03 bits per heavy atom. The van der Waals surface area contributed by atoms with Gasteiger partial charge in [0, 0.05) is 30.8 Å². The van der Waals surface area contributed by atoms with E-state index in [4.69, 9.17) is 0 Å². The fraction of sp³-hybridized carbons (Fsp3) is 0.259. The number of carbonyl (C=O) groups is 2. The largest absolute Gasteiger partial charge is 0.340 e. The minimum atomic E-state index is -3.55. The van der Waals surface area contributed by atoms with Crippen LogP contribution in [0.3, 0.4) is 0 Å². The molecule has 8 heteroatoms. The van der Waals surface area contributed by atoms with Crippen molar-refractivity contribution in [1.82, 2.24) is 9.62 Å². The lowest BCUT2D eigenvalue weighted by Gasteiger charge is -2.26. The third-order valence-electron chi connectivity index (χ3n) is 6.02. The van der Waals surface area contributed by atoms with Crippen LogP contribution < -0.4 is 10.6 Å². The van der Waals surface area contributed by atoms with E-state index in [-0.39, 0.29) is 16.7 Å².